The lowest BCUT2D eigenvalue weighted by Crippen LogP contribution is -2.36. The van der Waals surface area contributed by atoms with Crippen molar-refractivity contribution in [1.29, 1.82) is 0 Å². The summed E-state index contributed by atoms with van der Waals surface area (Å²) in [6, 6.07) is 2.72. The number of amides is 2. The van der Waals surface area contributed by atoms with Crippen molar-refractivity contribution >= 4 is 35.6 Å². The Labute approximate surface area is 127 Å². The number of nitrogens with two attached hydrogens (primary N) is 1. The summed E-state index contributed by atoms with van der Waals surface area (Å²) in [6.07, 6.45) is -0.0348. The van der Waals surface area contributed by atoms with Crippen molar-refractivity contribution in [2.45, 2.75) is 18.9 Å². The van der Waals surface area contributed by atoms with E-state index in [4.69, 9.17) is 10.5 Å². The number of fused-ring (bicyclic) bond motifs is 1. The number of nitrogens with one attached hydrogen (secondary N) is 2. The second kappa shape index (κ2) is 7.35. The number of benzene rings is 1. The van der Waals surface area contributed by atoms with Crippen LogP contribution < -0.4 is 16.4 Å². The van der Waals surface area contributed by atoms with Gasteiger partial charge >= 0.3 is 0 Å². The maximum absolute atomic E-state index is 13.9. The molecule has 0 aromatic heterocycles. The first-order chi connectivity index (χ1) is 9.55. The van der Waals surface area contributed by atoms with E-state index in [-0.39, 0.29) is 30.5 Å². The predicted octanol–water partition coefficient (Wildman–Crippen LogP) is 1.04. The number of rotatable bonds is 4. The highest BCUT2D eigenvalue weighted by Gasteiger charge is 2.21. The molecule has 1 aliphatic heterocycles. The molecule has 0 aliphatic carbocycles. The molecule has 2 rings (SSSR count). The summed E-state index contributed by atoms with van der Waals surface area (Å²) >= 11 is 0. The largest absolute Gasteiger partial charge is 0.370 e. The van der Waals surface area contributed by atoms with E-state index in [0.29, 0.717) is 24.1 Å². The van der Waals surface area contributed by atoms with E-state index < -0.39 is 17.8 Å². The summed E-state index contributed by atoms with van der Waals surface area (Å²) in [7, 11) is 1.35. The van der Waals surface area contributed by atoms with Crippen LogP contribution >= 0.6 is 12.4 Å². The molecule has 4 N–H and O–H groups in total. The van der Waals surface area contributed by atoms with E-state index in [0.717, 1.165) is 0 Å². The highest BCUT2D eigenvalue weighted by atomic mass is 35.5. The Balaban J connectivity index is 0.00000220. The van der Waals surface area contributed by atoms with Crippen LogP contribution in [0.4, 0.5) is 15.8 Å². The van der Waals surface area contributed by atoms with Gasteiger partial charge in [0.05, 0.1) is 5.69 Å². The number of aryl methyl sites for hydroxylation is 1. The van der Waals surface area contributed by atoms with Gasteiger partial charge < -0.3 is 21.1 Å². The summed E-state index contributed by atoms with van der Waals surface area (Å²) in [4.78, 5) is 23.1. The monoisotopic (exact) mass is 317 g/mol. The Bertz CT molecular complexity index is 550. The second-order valence-corrected chi connectivity index (χ2v) is 4.49. The van der Waals surface area contributed by atoms with Gasteiger partial charge in [-0.05, 0) is 24.1 Å². The van der Waals surface area contributed by atoms with Gasteiger partial charge in [0.1, 0.15) is 11.9 Å². The van der Waals surface area contributed by atoms with E-state index in [1.807, 2.05) is 0 Å². The highest BCUT2D eigenvalue weighted by Crippen LogP contribution is 2.28. The lowest BCUT2D eigenvalue weighted by molar-refractivity contribution is -0.125. The fourth-order valence-electron chi connectivity index (χ4n) is 2.02. The molecular weight excluding hydrogens is 301 g/mol. The number of carbonyl (C=O) groups is 2. The molecule has 0 bridgehead atoms. The molecule has 1 aliphatic rings. The first-order valence-corrected chi connectivity index (χ1v) is 6.21. The van der Waals surface area contributed by atoms with Crippen LogP contribution in [-0.2, 0) is 20.7 Å². The van der Waals surface area contributed by atoms with E-state index >= 15 is 0 Å². The average Bonchev–Trinajstić information content (AvgIpc) is 2.41. The Morgan fingerprint density at radius 1 is 1.52 bits per heavy atom. The summed E-state index contributed by atoms with van der Waals surface area (Å²) in [5, 5.41) is 5.05. The predicted molar refractivity (Wildman–Crippen MR) is 79.1 cm³/mol. The first-order valence-electron chi connectivity index (χ1n) is 6.21. The zero-order valence-corrected chi connectivity index (χ0v) is 12.3. The number of hydrogen-bond donors (Lipinski definition) is 3. The molecule has 1 aromatic rings. The molecule has 21 heavy (non-hydrogen) atoms. The molecule has 2 amide bonds. The van der Waals surface area contributed by atoms with Crippen LogP contribution in [0.5, 0.6) is 0 Å². The molecule has 1 atom stereocenters. The topological polar surface area (TPSA) is 93.4 Å². The Morgan fingerprint density at radius 2 is 2.24 bits per heavy atom. The number of hydrogen-bond acceptors (Lipinski definition) is 4. The van der Waals surface area contributed by atoms with Crippen LogP contribution in [0, 0.1) is 5.82 Å². The zero-order valence-electron chi connectivity index (χ0n) is 11.4. The van der Waals surface area contributed by atoms with Gasteiger partial charge in [-0.25, -0.2) is 4.39 Å². The molecule has 0 saturated carbocycles. The molecular formula is C13H17ClFN3O3. The van der Waals surface area contributed by atoms with Gasteiger partial charge in [0.15, 0.2) is 0 Å². The van der Waals surface area contributed by atoms with Crippen LogP contribution in [0.3, 0.4) is 0 Å². The second-order valence-electron chi connectivity index (χ2n) is 4.49. The highest BCUT2D eigenvalue weighted by molar-refractivity contribution is 5.97. The third kappa shape index (κ3) is 3.90. The lowest BCUT2D eigenvalue weighted by atomic mass is 10.0. The number of halogens is 2. The van der Waals surface area contributed by atoms with E-state index in [1.165, 1.54) is 19.2 Å². The molecule has 1 aromatic carbocycles. The Hall–Kier alpha value is -1.70. The van der Waals surface area contributed by atoms with Gasteiger partial charge in [-0.1, -0.05) is 0 Å². The smallest absolute Gasteiger partial charge is 0.254 e. The number of anilines is 2. The molecule has 0 spiro atoms. The summed E-state index contributed by atoms with van der Waals surface area (Å²) in [6.45, 7) is -0.00830. The summed E-state index contributed by atoms with van der Waals surface area (Å²) in [5.74, 6) is -1.21. The standard InChI is InChI=1S/C13H16FN3O3.ClH/c1-20-11(6-15)13(19)17-10-5-9-7(4-8(10)14)2-3-12(18)16-9;/h4-5,11H,2-3,6,15H2,1H3,(H,16,18)(H,17,19);1H. The lowest BCUT2D eigenvalue weighted by Gasteiger charge is -2.19. The van der Waals surface area contributed by atoms with Gasteiger partial charge in [0, 0.05) is 25.8 Å². The van der Waals surface area contributed by atoms with Crippen molar-refractivity contribution in [2.24, 2.45) is 5.73 Å². The first kappa shape index (κ1) is 17.4. The maximum atomic E-state index is 13.9. The van der Waals surface area contributed by atoms with Crippen LogP contribution in [0.15, 0.2) is 12.1 Å². The third-order valence-corrected chi connectivity index (χ3v) is 3.14. The van der Waals surface area contributed by atoms with Gasteiger partial charge in [0.25, 0.3) is 5.91 Å². The SMILES string of the molecule is COC(CN)C(=O)Nc1cc2c(cc1F)CCC(=O)N2.Cl. The molecule has 1 heterocycles. The fraction of sp³-hybridized carbons (Fsp3) is 0.385. The summed E-state index contributed by atoms with van der Waals surface area (Å²) in [5.41, 5.74) is 6.58. The Morgan fingerprint density at radius 3 is 2.86 bits per heavy atom. The maximum Gasteiger partial charge on any atom is 0.254 e. The minimum atomic E-state index is -0.847. The van der Waals surface area contributed by atoms with Gasteiger partial charge in [0.2, 0.25) is 5.91 Å². The van der Waals surface area contributed by atoms with Crippen molar-refractivity contribution in [3.05, 3.63) is 23.5 Å². The number of carbonyl (C=O) groups excluding carboxylic acids is 2. The minimum absolute atomic E-state index is 0. The van der Waals surface area contributed by atoms with E-state index in [1.54, 1.807) is 0 Å². The number of ether oxygens (including phenoxy) is 1. The van der Waals surface area contributed by atoms with Gasteiger partial charge in [-0.3, -0.25) is 9.59 Å². The molecule has 0 radical (unpaired) electrons. The molecule has 1 unspecified atom stereocenters. The van der Waals surface area contributed by atoms with Crippen LogP contribution in [0.2, 0.25) is 0 Å². The van der Waals surface area contributed by atoms with Gasteiger partial charge in [-0.2, -0.15) is 0 Å². The molecule has 0 saturated heterocycles. The third-order valence-electron chi connectivity index (χ3n) is 3.14. The van der Waals surface area contributed by atoms with Crippen molar-refractivity contribution in [2.75, 3.05) is 24.3 Å². The van der Waals surface area contributed by atoms with Crippen molar-refractivity contribution in [3.63, 3.8) is 0 Å². The molecule has 0 fully saturated rings. The molecule has 8 heteroatoms. The van der Waals surface area contributed by atoms with E-state index in [9.17, 15) is 14.0 Å². The quantitative estimate of drug-likeness (QED) is 0.773. The fourth-order valence-corrected chi connectivity index (χ4v) is 2.02. The molecule has 116 valence electrons. The van der Waals surface area contributed by atoms with Crippen molar-refractivity contribution < 1.29 is 18.7 Å². The Kier molecular flexibility index (Phi) is 6.07. The van der Waals surface area contributed by atoms with Crippen molar-refractivity contribution in [1.82, 2.24) is 0 Å². The van der Waals surface area contributed by atoms with Crippen LogP contribution in [0.25, 0.3) is 0 Å². The van der Waals surface area contributed by atoms with Crippen LogP contribution in [-0.4, -0.2) is 31.6 Å². The molecule has 6 nitrogen and oxygen atoms in total. The zero-order chi connectivity index (χ0) is 14.7. The van der Waals surface area contributed by atoms with E-state index in [2.05, 4.69) is 10.6 Å². The van der Waals surface area contributed by atoms with Crippen molar-refractivity contribution in [3.8, 4) is 0 Å². The van der Waals surface area contributed by atoms with Gasteiger partial charge in [-0.15, -0.1) is 12.4 Å². The summed E-state index contributed by atoms with van der Waals surface area (Å²) < 4.78 is 18.8. The number of methoxy groups -OCH3 is 1. The normalized spacial score (nSPS) is 14.5. The minimum Gasteiger partial charge on any atom is -0.370 e. The van der Waals surface area contributed by atoms with Crippen LogP contribution in [0.1, 0.15) is 12.0 Å². The average molecular weight is 318 g/mol.